The molecule has 0 spiro atoms. The van der Waals surface area contributed by atoms with Crippen molar-refractivity contribution in [3.05, 3.63) is 78.4 Å². The van der Waals surface area contributed by atoms with Crippen LogP contribution < -0.4 is 0 Å². The Kier molecular flexibility index (Phi) is 3.56. The highest BCUT2D eigenvalue weighted by Crippen LogP contribution is 2.25. The molecule has 0 saturated heterocycles. The van der Waals surface area contributed by atoms with Crippen LogP contribution in [0.15, 0.2) is 67.0 Å². The highest BCUT2D eigenvalue weighted by Gasteiger charge is 2.06. The number of benzene rings is 2. The van der Waals surface area contributed by atoms with Crippen LogP contribution in [0, 0.1) is 6.57 Å². The third-order valence-corrected chi connectivity index (χ3v) is 3.89. The molecule has 5 nitrogen and oxygen atoms in total. The number of phenolic OH excluding ortho intramolecular Hbond substituents is 1. The predicted molar refractivity (Wildman–Crippen MR) is 96.1 cm³/mol. The van der Waals surface area contributed by atoms with Gasteiger partial charge in [0.1, 0.15) is 11.3 Å². The van der Waals surface area contributed by atoms with Gasteiger partial charge in [0.05, 0.1) is 18.3 Å². The van der Waals surface area contributed by atoms with Crippen LogP contribution in [0.2, 0.25) is 0 Å². The Morgan fingerprint density at radius 3 is 2.20 bits per heavy atom. The Bertz CT molecular complexity index is 1100. The molecule has 2 aromatic heterocycles. The fraction of sp³-hybridized carbons (Fsp3) is 0. The summed E-state index contributed by atoms with van der Waals surface area (Å²) >= 11 is 0. The summed E-state index contributed by atoms with van der Waals surface area (Å²) in [5.74, 6) is 0.783. The van der Waals surface area contributed by atoms with Crippen molar-refractivity contribution >= 4 is 16.7 Å². The van der Waals surface area contributed by atoms with E-state index in [1.54, 1.807) is 48.8 Å². The molecule has 2 heterocycles. The monoisotopic (exact) mass is 324 g/mol. The molecular weight excluding hydrogens is 312 g/mol. The van der Waals surface area contributed by atoms with Gasteiger partial charge in [-0.05, 0) is 35.9 Å². The number of hydrogen-bond acceptors (Lipinski definition) is 4. The van der Waals surface area contributed by atoms with Crippen molar-refractivity contribution in [3.63, 3.8) is 0 Å². The van der Waals surface area contributed by atoms with E-state index < -0.39 is 0 Å². The fourth-order valence-electron chi connectivity index (χ4n) is 2.55. The van der Waals surface area contributed by atoms with Crippen molar-refractivity contribution in [3.8, 4) is 28.3 Å². The van der Waals surface area contributed by atoms with Gasteiger partial charge in [-0.3, -0.25) is 4.98 Å². The first-order valence-corrected chi connectivity index (χ1v) is 7.63. The number of pyridine rings is 1. The number of aromatic hydroxyl groups is 1. The highest BCUT2D eigenvalue weighted by atomic mass is 16.3. The smallest absolute Gasteiger partial charge is 0.187 e. The number of nitrogens with zero attached hydrogens (tertiary/aromatic N) is 4. The molecule has 0 aliphatic heterocycles. The second kappa shape index (κ2) is 6.02. The minimum Gasteiger partial charge on any atom is -0.508 e. The van der Waals surface area contributed by atoms with E-state index in [0.29, 0.717) is 17.0 Å². The van der Waals surface area contributed by atoms with Gasteiger partial charge in [0.2, 0.25) is 0 Å². The Balaban J connectivity index is 1.78. The van der Waals surface area contributed by atoms with Crippen LogP contribution in [0.3, 0.4) is 0 Å². The molecular formula is C20H12N4O. The topological polar surface area (TPSA) is 63.3 Å². The Morgan fingerprint density at radius 1 is 0.760 bits per heavy atom. The summed E-state index contributed by atoms with van der Waals surface area (Å²) in [4.78, 5) is 16.8. The first kappa shape index (κ1) is 14.8. The van der Waals surface area contributed by atoms with E-state index in [0.717, 1.165) is 22.2 Å². The van der Waals surface area contributed by atoms with E-state index in [1.165, 1.54) is 0 Å². The van der Waals surface area contributed by atoms with Gasteiger partial charge in [-0.25, -0.2) is 14.8 Å². The second-order valence-corrected chi connectivity index (χ2v) is 5.53. The van der Waals surface area contributed by atoms with E-state index in [9.17, 15) is 5.11 Å². The van der Waals surface area contributed by atoms with Crippen molar-refractivity contribution < 1.29 is 5.11 Å². The Hall–Kier alpha value is -3.78. The maximum absolute atomic E-state index is 9.41. The minimum atomic E-state index is 0.205. The molecule has 2 aromatic carbocycles. The predicted octanol–water partition coefficient (Wildman–Crippen LogP) is 4.62. The van der Waals surface area contributed by atoms with Gasteiger partial charge >= 0.3 is 0 Å². The normalized spacial score (nSPS) is 10.5. The quantitative estimate of drug-likeness (QED) is 0.547. The summed E-state index contributed by atoms with van der Waals surface area (Å²) in [7, 11) is 0. The van der Waals surface area contributed by atoms with Gasteiger partial charge in [-0.15, -0.1) is 0 Å². The van der Waals surface area contributed by atoms with E-state index in [-0.39, 0.29) is 5.75 Å². The summed E-state index contributed by atoms with van der Waals surface area (Å²) in [5, 5.41) is 9.41. The molecule has 0 aliphatic carbocycles. The lowest BCUT2D eigenvalue weighted by atomic mass is 10.1. The van der Waals surface area contributed by atoms with E-state index >= 15 is 0 Å². The van der Waals surface area contributed by atoms with E-state index in [2.05, 4.69) is 19.8 Å². The zero-order valence-electron chi connectivity index (χ0n) is 13.1. The molecule has 5 heteroatoms. The molecule has 118 valence electrons. The maximum Gasteiger partial charge on any atom is 0.187 e. The summed E-state index contributed by atoms with van der Waals surface area (Å²) in [6, 6.07) is 16.1. The number of hydrogen-bond donors (Lipinski definition) is 1. The molecule has 25 heavy (non-hydrogen) atoms. The molecule has 0 bridgehead atoms. The molecule has 0 aliphatic rings. The van der Waals surface area contributed by atoms with Crippen molar-refractivity contribution in [2.24, 2.45) is 0 Å². The lowest BCUT2D eigenvalue weighted by Crippen LogP contribution is -1.92. The van der Waals surface area contributed by atoms with Gasteiger partial charge in [0, 0.05) is 17.3 Å². The average molecular weight is 324 g/mol. The van der Waals surface area contributed by atoms with Crippen LogP contribution in [0.25, 0.3) is 38.4 Å². The standard InChI is InChI=1S/C20H12N4O/c1-21-16-6-2-13(3-7-16)15-10-18-19(22-11-15)12-23-20(24-18)14-4-8-17(25)9-5-14/h2-12,25H. The van der Waals surface area contributed by atoms with Crippen LogP contribution in [0.1, 0.15) is 0 Å². The number of rotatable bonds is 2. The molecule has 0 fully saturated rings. The third-order valence-electron chi connectivity index (χ3n) is 3.89. The summed E-state index contributed by atoms with van der Waals surface area (Å²) in [6.07, 6.45) is 3.47. The number of fused-ring (bicyclic) bond motifs is 1. The number of phenols is 1. The van der Waals surface area contributed by atoms with Crippen molar-refractivity contribution in [1.82, 2.24) is 15.0 Å². The van der Waals surface area contributed by atoms with Crippen molar-refractivity contribution in [2.45, 2.75) is 0 Å². The van der Waals surface area contributed by atoms with Gasteiger partial charge in [-0.1, -0.05) is 24.3 Å². The molecule has 0 atom stereocenters. The largest absolute Gasteiger partial charge is 0.508 e. The Morgan fingerprint density at radius 2 is 1.48 bits per heavy atom. The first-order chi connectivity index (χ1) is 12.2. The Labute approximate surface area is 144 Å². The third kappa shape index (κ3) is 2.89. The molecule has 4 rings (SSSR count). The van der Waals surface area contributed by atoms with Gasteiger partial charge in [0.15, 0.2) is 11.5 Å². The van der Waals surface area contributed by atoms with Gasteiger partial charge < -0.3 is 5.11 Å². The van der Waals surface area contributed by atoms with Gasteiger partial charge in [0.25, 0.3) is 0 Å². The average Bonchev–Trinajstić information content (AvgIpc) is 2.68. The summed E-state index contributed by atoms with van der Waals surface area (Å²) in [6.45, 7) is 7.03. The molecule has 1 N–H and O–H groups in total. The SMILES string of the molecule is [C-]#[N+]c1ccc(-c2cnc3cnc(-c4ccc(O)cc4)nc3c2)cc1. The van der Waals surface area contributed by atoms with Crippen LogP contribution in [-0.4, -0.2) is 20.1 Å². The van der Waals surface area contributed by atoms with Crippen molar-refractivity contribution in [1.29, 1.82) is 0 Å². The van der Waals surface area contributed by atoms with Crippen LogP contribution in [-0.2, 0) is 0 Å². The van der Waals surface area contributed by atoms with Crippen LogP contribution >= 0.6 is 0 Å². The number of aromatic nitrogens is 3. The molecule has 0 amide bonds. The highest BCUT2D eigenvalue weighted by molar-refractivity contribution is 5.81. The summed E-state index contributed by atoms with van der Waals surface area (Å²) in [5.41, 5.74) is 4.79. The molecule has 0 radical (unpaired) electrons. The molecule has 0 saturated carbocycles. The molecule has 0 unspecified atom stereocenters. The molecule has 4 aromatic rings. The fourth-order valence-corrected chi connectivity index (χ4v) is 2.55. The summed E-state index contributed by atoms with van der Waals surface area (Å²) < 4.78 is 0. The second-order valence-electron chi connectivity index (χ2n) is 5.53. The minimum absolute atomic E-state index is 0.205. The first-order valence-electron chi connectivity index (χ1n) is 7.63. The maximum atomic E-state index is 9.41. The lowest BCUT2D eigenvalue weighted by Gasteiger charge is -2.05. The van der Waals surface area contributed by atoms with E-state index in [1.807, 2.05) is 18.2 Å². The zero-order chi connectivity index (χ0) is 17.2. The van der Waals surface area contributed by atoms with Gasteiger partial charge in [-0.2, -0.15) is 0 Å². The van der Waals surface area contributed by atoms with Crippen molar-refractivity contribution in [2.75, 3.05) is 0 Å². The van der Waals surface area contributed by atoms with Crippen LogP contribution in [0.4, 0.5) is 5.69 Å². The zero-order valence-corrected chi connectivity index (χ0v) is 13.1. The lowest BCUT2D eigenvalue weighted by molar-refractivity contribution is 0.475. The van der Waals surface area contributed by atoms with Crippen LogP contribution in [0.5, 0.6) is 5.75 Å². The van der Waals surface area contributed by atoms with E-state index in [4.69, 9.17) is 6.57 Å².